The molecule has 25 heavy (non-hydrogen) atoms. The normalized spacial score (nSPS) is 11.7. The van der Waals surface area contributed by atoms with Gasteiger partial charge in [-0.2, -0.15) is 0 Å². The molecular formula is C19H22FNO3S. The number of thioether (sulfide) groups is 1. The average molecular weight is 363 g/mol. The van der Waals surface area contributed by atoms with Crippen molar-refractivity contribution in [3.05, 3.63) is 59.4 Å². The third-order valence-corrected chi connectivity index (χ3v) is 4.71. The maximum atomic E-state index is 13.6. The molecule has 1 N–H and O–H groups in total. The van der Waals surface area contributed by atoms with E-state index in [-0.39, 0.29) is 23.5 Å². The Morgan fingerprint density at radius 2 is 1.96 bits per heavy atom. The van der Waals surface area contributed by atoms with Crippen molar-refractivity contribution in [1.82, 2.24) is 5.32 Å². The molecule has 4 nitrogen and oxygen atoms in total. The van der Waals surface area contributed by atoms with Crippen LogP contribution in [0.5, 0.6) is 11.5 Å². The first kappa shape index (κ1) is 19.1. The minimum absolute atomic E-state index is 0.112. The molecule has 2 rings (SSSR count). The fraction of sp³-hybridized carbons (Fsp3) is 0.316. The van der Waals surface area contributed by atoms with Crippen LogP contribution in [0.15, 0.2) is 42.5 Å². The third kappa shape index (κ3) is 5.39. The highest BCUT2D eigenvalue weighted by Gasteiger charge is 2.15. The van der Waals surface area contributed by atoms with Crippen LogP contribution < -0.4 is 14.8 Å². The number of carbonyl (C=O) groups is 1. The van der Waals surface area contributed by atoms with Crippen LogP contribution in [0.25, 0.3) is 0 Å². The molecule has 0 fully saturated rings. The smallest absolute Gasteiger partial charge is 0.230 e. The Morgan fingerprint density at radius 3 is 2.64 bits per heavy atom. The molecule has 0 radical (unpaired) electrons. The van der Waals surface area contributed by atoms with Gasteiger partial charge in [0.15, 0.2) is 0 Å². The van der Waals surface area contributed by atoms with Crippen LogP contribution in [0, 0.1) is 5.82 Å². The number of nitrogens with one attached hydrogen (secondary N) is 1. The van der Waals surface area contributed by atoms with Crippen molar-refractivity contribution in [2.45, 2.75) is 18.7 Å². The molecule has 0 saturated carbocycles. The van der Waals surface area contributed by atoms with Gasteiger partial charge in [0.25, 0.3) is 0 Å². The molecule has 0 aliphatic heterocycles. The quantitative estimate of drug-likeness (QED) is 0.771. The monoisotopic (exact) mass is 363 g/mol. The van der Waals surface area contributed by atoms with Crippen LogP contribution in [0.3, 0.4) is 0 Å². The molecule has 0 bridgehead atoms. The second-order valence-corrected chi connectivity index (χ2v) is 6.47. The summed E-state index contributed by atoms with van der Waals surface area (Å²) in [4.78, 5) is 12.2. The van der Waals surface area contributed by atoms with E-state index in [1.807, 2.05) is 19.1 Å². The molecular weight excluding hydrogens is 341 g/mol. The van der Waals surface area contributed by atoms with Gasteiger partial charge in [0.1, 0.15) is 17.3 Å². The Bertz CT molecular complexity index is 724. The number of rotatable bonds is 8. The van der Waals surface area contributed by atoms with Gasteiger partial charge in [-0.15, -0.1) is 11.8 Å². The van der Waals surface area contributed by atoms with E-state index in [4.69, 9.17) is 9.47 Å². The summed E-state index contributed by atoms with van der Waals surface area (Å²) in [5.41, 5.74) is 1.44. The molecule has 0 saturated heterocycles. The summed E-state index contributed by atoms with van der Waals surface area (Å²) in [5.74, 6) is 1.74. The second kappa shape index (κ2) is 9.32. The molecule has 0 aliphatic rings. The predicted octanol–water partition coefficient (Wildman–Crippen LogP) is 3.95. The van der Waals surface area contributed by atoms with Gasteiger partial charge in [-0.05, 0) is 36.8 Å². The first-order chi connectivity index (χ1) is 12.0. The Kier molecular flexibility index (Phi) is 7.13. The van der Waals surface area contributed by atoms with Gasteiger partial charge in [0, 0.05) is 11.3 Å². The Balaban J connectivity index is 1.91. The van der Waals surface area contributed by atoms with Crippen LogP contribution in [0.2, 0.25) is 0 Å². The van der Waals surface area contributed by atoms with Gasteiger partial charge < -0.3 is 14.8 Å². The average Bonchev–Trinajstić information content (AvgIpc) is 2.62. The van der Waals surface area contributed by atoms with Crippen LogP contribution in [0.4, 0.5) is 4.39 Å². The first-order valence-corrected chi connectivity index (χ1v) is 9.03. The Labute approximate surface area is 151 Å². The molecule has 0 heterocycles. The van der Waals surface area contributed by atoms with E-state index >= 15 is 0 Å². The third-order valence-electron chi connectivity index (χ3n) is 3.73. The molecule has 0 aromatic heterocycles. The van der Waals surface area contributed by atoms with E-state index < -0.39 is 0 Å². The van der Waals surface area contributed by atoms with E-state index in [2.05, 4.69) is 5.32 Å². The fourth-order valence-corrected chi connectivity index (χ4v) is 3.23. The lowest BCUT2D eigenvalue weighted by atomic mass is 10.1. The number of hydrogen-bond donors (Lipinski definition) is 1. The summed E-state index contributed by atoms with van der Waals surface area (Å²) < 4.78 is 24.1. The first-order valence-electron chi connectivity index (χ1n) is 7.87. The van der Waals surface area contributed by atoms with Crippen LogP contribution in [0.1, 0.15) is 24.1 Å². The lowest BCUT2D eigenvalue weighted by molar-refractivity contribution is -0.119. The summed E-state index contributed by atoms with van der Waals surface area (Å²) >= 11 is 1.38. The van der Waals surface area contributed by atoms with Crippen molar-refractivity contribution in [2.75, 3.05) is 20.0 Å². The molecule has 1 amide bonds. The summed E-state index contributed by atoms with van der Waals surface area (Å²) in [6, 6.07) is 11.8. The van der Waals surface area contributed by atoms with E-state index in [1.165, 1.54) is 17.8 Å². The number of halogens is 1. The Hall–Kier alpha value is -2.21. The highest BCUT2D eigenvalue weighted by Crippen LogP contribution is 2.29. The predicted molar refractivity (Wildman–Crippen MR) is 98.7 cm³/mol. The molecule has 2 aromatic carbocycles. The minimum Gasteiger partial charge on any atom is -0.497 e. The number of carbonyl (C=O) groups excluding carboxylic acids is 1. The summed E-state index contributed by atoms with van der Waals surface area (Å²) in [6.45, 7) is 1.89. The molecule has 1 atom stereocenters. The maximum absolute atomic E-state index is 13.6. The molecule has 2 aromatic rings. The number of hydrogen-bond acceptors (Lipinski definition) is 4. The number of benzene rings is 2. The summed E-state index contributed by atoms with van der Waals surface area (Å²) in [6.07, 6.45) is 0. The van der Waals surface area contributed by atoms with Crippen LogP contribution in [-0.2, 0) is 10.5 Å². The van der Waals surface area contributed by atoms with Gasteiger partial charge in [-0.3, -0.25) is 4.79 Å². The van der Waals surface area contributed by atoms with Crippen molar-refractivity contribution in [3.8, 4) is 11.5 Å². The Morgan fingerprint density at radius 1 is 1.20 bits per heavy atom. The van der Waals surface area contributed by atoms with Crippen molar-refractivity contribution >= 4 is 17.7 Å². The van der Waals surface area contributed by atoms with E-state index in [0.29, 0.717) is 22.8 Å². The highest BCUT2D eigenvalue weighted by molar-refractivity contribution is 7.99. The largest absolute Gasteiger partial charge is 0.497 e. The number of ether oxygens (including phenoxy) is 2. The van der Waals surface area contributed by atoms with Gasteiger partial charge in [-0.25, -0.2) is 4.39 Å². The molecule has 1 unspecified atom stereocenters. The van der Waals surface area contributed by atoms with E-state index in [9.17, 15) is 9.18 Å². The second-order valence-electron chi connectivity index (χ2n) is 5.48. The van der Waals surface area contributed by atoms with Crippen molar-refractivity contribution in [1.29, 1.82) is 0 Å². The zero-order valence-corrected chi connectivity index (χ0v) is 15.4. The number of methoxy groups -OCH3 is 2. The van der Waals surface area contributed by atoms with Crippen molar-refractivity contribution in [2.24, 2.45) is 0 Å². The molecule has 0 spiro atoms. The topological polar surface area (TPSA) is 47.6 Å². The number of amides is 1. The summed E-state index contributed by atoms with van der Waals surface area (Å²) in [7, 11) is 3.18. The zero-order valence-electron chi connectivity index (χ0n) is 14.5. The molecule has 0 aliphatic carbocycles. The molecule has 6 heteroatoms. The summed E-state index contributed by atoms with van der Waals surface area (Å²) in [5, 5.41) is 2.93. The van der Waals surface area contributed by atoms with Crippen LogP contribution >= 0.6 is 11.8 Å². The van der Waals surface area contributed by atoms with E-state index in [1.54, 1.807) is 38.5 Å². The van der Waals surface area contributed by atoms with Crippen molar-refractivity contribution in [3.63, 3.8) is 0 Å². The van der Waals surface area contributed by atoms with E-state index in [0.717, 1.165) is 5.56 Å². The lowest BCUT2D eigenvalue weighted by Crippen LogP contribution is -2.28. The SMILES string of the molecule is COc1ccc(OC)c(C(C)NC(=O)CSCc2ccccc2F)c1. The lowest BCUT2D eigenvalue weighted by Gasteiger charge is -2.18. The standard InChI is InChI=1S/C19H22FNO3S/c1-13(16-10-15(23-2)8-9-18(16)24-3)21-19(22)12-25-11-14-6-4-5-7-17(14)20/h4-10,13H,11-12H2,1-3H3,(H,21,22). The van der Waals surface area contributed by atoms with Gasteiger partial charge in [0.05, 0.1) is 26.0 Å². The zero-order chi connectivity index (χ0) is 18.2. The highest BCUT2D eigenvalue weighted by atomic mass is 32.2. The minimum atomic E-state index is -0.245. The van der Waals surface area contributed by atoms with Gasteiger partial charge in [-0.1, -0.05) is 18.2 Å². The van der Waals surface area contributed by atoms with Gasteiger partial charge in [0.2, 0.25) is 5.91 Å². The molecule has 134 valence electrons. The van der Waals surface area contributed by atoms with Gasteiger partial charge >= 0.3 is 0 Å². The van der Waals surface area contributed by atoms with Crippen molar-refractivity contribution < 1.29 is 18.7 Å². The van der Waals surface area contributed by atoms with Crippen LogP contribution in [-0.4, -0.2) is 25.9 Å². The fourth-order valence-electron chi connectivity index (χ4n) is 2.41. The maximum Gasteiger partial charge on any atom is 0.230 e.